The van der Waals surface area contributed by atoms with Gasteiger partial charge < -0.3 is 19.1 Å². The Hall–Kier alpha value is -3.11. The quantitative estimate of drug-likeness (QED) is 0.444. The van der Waals surface area contributed by atoms with Gasteiger partial charge in [-0.2, -0.15) is 0 Å². The van der Waals surface area contributed by atoms with E-state index in [2.05, 4.69) is 4.98 Å². The second kappa shape index (κ2) is 11.7. The summed E-state index contributed by atoms with van der Waals surface area (Å²) in [5.74, 6) is 0.161. The summed E-state index contributed by atoms with van der Waals surface area (Å²) in [7, 11) is 1.93. The number of nitrogens with zero attached hydrogens (tertiary/aromatic N) is 4. The number of imidazole rings is 1. The highest BCUT2D eigenvalue weighted by atomic mass is 16.7. The van der Waals surface area contributed by atoms with E-state index < -0.39 is 11.9 Å². The smallest absolute Gasteiger partial charge is 0.308 e. The van der Waals surface area contributed by atoms with E-state index in [1.54, 1.807) is 6.20 Å². The zero-order chi connectivity index (χ0) is 25.7. The van der Waals surface area contributed by atoms with Crippen LogP contribution in [0.1, 0.15) is 50.4 Å². The Bertz CT molecular complexity index is 1060. The number of carboxylic acid groups (broad SMARTS) is 1. The number of hydrogen-bond donors (Lipinski definition) is 1. The molecule has 0 spiro atoms. The second-order valence-electron chi connectivity index (χ2n) is 9.40. The van der Waals surface area contributed by atoms with Crippen LogP contribution >= 0.6 is 0 Å². The van der Waals surface area contributed by atoms with Crippen LogP contribution < -0.4 is 9.47 Å². The normalized spacial score (nSPS) is 21.1. The number of benzene rings is 1. The van der Waals surface area contributed by atoms with E-state index in [0.29, 0.717) is 44.0 Å². The monoisotopic (exact) mass is 500 g/mol. The largest absolute Gasteiger partial charge is 0.481 e. The summed E-state index contributed by atoms with van der Waals surface area (Å²) in [6.45, 7) is 5.66. The summed E-state index contributed by atoms with van der Waals surface area (Å²) in [4.78, 5) is 38.0. The zero-order valence-corrected chi connectivity index (χ0v) is 21.3. The number of aryl methyl sites for hydroxylation is 2. The Morgan fingerprint density at radius 3 is 2.72 bits per heavy atom. The molecule has 10 heteroatoms. The lowest BCUT2D eigenvalue weighted by Gasteiger charge is -2.29. The number of carboxylic acids is 1. The first-order valence-corrected chi connectivity index (χ1v) is 12.7. The lowest BCUT2D eigenvalue weighted by Crippen LogP contribution is -2.44. The molecule has 1 saturated heterocycles. The van der Waals surface area contributed by atoms with Gasteiger partial charge in [0.25, 0.3) is 5.91 Å². The third kappa shape index (κ3) is 5.65. The van der Waals surface area contributed by atoms with Gasteiger partial charge in [-0.3, -0.25) is 19.3 Å². The molecule has 0 saturated carbocycles. The minimum absolute atomic E-state index is 0.0970. The van der Waals surface area contributed by atoms with Crippen LogP contribution in [0.2, 0.25) is 0 Å². The highest BCUT2D eigenvalue weighted by Gasteiger charge is 2.47. The molecular weight excluding hydrogens is 464 g/mol. The molecule has 2 aliphatic rings. The van der Waals surface area contributed by atoms with Crippen molar-refractivity contribution in [3.8, 4) is 11.5 Å². The average Bonchev–Trinajstić information content (AvgIpc) is 3.58. The third-order valence-corrected chi connectivity index (χ3v) is 6.94. The summed E-state index contributed by atoms with van der Waals surface area (Å²) in [6.07, 6.45) is 6.37. The SMILES string of the molecule is CCCON(CCC)C(=O)CN1CC(c2ccc3c(c2)OCO3)C(C(=O)O)C1CCc1nccn1C. The third-order valence-electron chi connectivity index (χ3n) is 6.94. The first-order chi connectivity index (χ1) is 17.4. The standard InChI is InChI=1S/C26H36N4O6/c1-4-11-30(36-13-5-2)24(31)16-29-15-19(18-6-8-21-22(14-18)35-17-34-21)25(26(32)33)20(29)7-9-23-27-10-12-28(23)3/h6,8,10,12,14,19-20,25H,4-5,7,9,11,13,15-17H2,1-3H3,(H,32,33). The number of rotatable bonds is 12. The molecule has 0 radical (unpaired) electrons. The lowest BCUT2D eigenvalue weighted by molar-refractivity contribution is -0.188. The van der Waals surface area contributed by atoms with E-state index >= 15 is 0 Å². The Balaban J connectivity index is 1.60. The molecule has 1 N–H and O–H groups in total. The van der Waals surface area contributed by atoms with Crippen molar-refractivity contribution < 1.29 is 29.0 Å². The molecule has 1 aromatic heterocycles. The van der Waals surface area contributed by atoms with Gasteiger partial charge in [0.2, 0.25) is 6.79 Å². The van der Waals surface area contributed by atoms with Crippen molar-refractivity contribution >= 4 is 11.9 Å². The minimum atomic E-state index is -0.870. The maximum atomic E-state index is 13.3. The fraction of sp³-hybridized carbons (Fsp3) is 0.577. The summed E-state index contributed by atoms with van der Waals surface area (Å²) < 4.78 is 12.9. The Kier molecular flexibility index (Phi) is 8.48. The molecule has 196 valence electrons. The van der Waals surface area contributed by atoms with Crippen molar-refractivity contribution in [3.05, 3.63) is 42.0 Å². The number of aliphatic carboxylic acids is 1. The van der Waals surface area contributed by atoms with Crippen LogP contribution in [-0.2, 0) is 27.9 Å². The van der Waals surface area contributed by atoms with E-state index in [-0.39, 0.29) is 31.2 Å². The van der Waals surface area contributed by atoms with Crippen LogP contribution in [0.15, 0.2) is 30.6 Å². The number of carbonyl (C=O) groups excluding carboxylic acids is 1. The fourth-order valence-electron chi connectivity index (χ4n) is 5.17. The number of fused-ring (bicyclic) bond motifs is 1. The number of carbonyl (C=O) groups is 2. The number of ether oxygens (including phenoxy) is 2. The highest BCUT2D eigenvalue weighted by Crippen LogP contribution is 2.43. The molecule has 3 heterocycles. The van der Waals surface area contributed by atoms with Gasteiger partial charge in [-0.1, -0.05) is 19.9 Å². The van der Waals surface area contributed by atoms with Crippen LogP contribution in [0.4, 0.5) is 0 Å². The minimum Gasteiger partial charge on any atom is -0.481 e. The number of hydrogen-bond acceptors (Lipinski definition) is 7. The topological polar surface area (TPSA) is 106 Å². The van der Waals surface area contributed by atoms with Gasteiger partial charge in [-0.25, -0.2) is 10.0 Å². The number of amides is 1. The number of likely N-dealkylation sites (tertiary alicyclic amines) is 1. The molecular formula is C26H36N4O6. The Morgan fingerprint density at radius 1 is 1.22 bits per heavy atom. The Labute approximate surface area is 211 Å². The highest BCUT2D eigenvalue weighted by molar-refractivity contribution is 5.78. The Morgan fingerprint density at radius 2 is 2.03 bits per heavy atom. The summed E-state index contributed by atoms with van der Waals surface area (Å²) in [5.41, 5.74) is 0.872. The van der Waals surface area contributed by atoms with Gasteiger partial charge in [0.05, 0.1) is 19.1 Å². The van der Waals surface area contributed by atoms with E-state index in [4.69, 9.17) is 14.3 Å². The van der Waals surface area contributed by atoms with Gasteiger partial charge in [0.15, 0.2) is 11.5 Å². The zero-order valence-electron chi connectivity index (χ0n) is 21.3. The predicted octanol–water partition coefficient (Wildman–Crippen LogP) is 2.83. The molecule has 3 unspecified atom stereocenters. The maximum absolute atomic E-state index is 13.3. The molecule has 1 amide bonds. The molecule has 4 rings (SSSR count). The molecule has 1 aromatic carbocycles. The van der Waals surface area contributed by atoms with Crippen LogP contribution in [0.3, 0.4) is 0 Å². The van der Waals surface area contributed by atoms with E-state index in [1.165, 1.54) is 5.06 Å². The van der Waals surface area contributed by atoms with Crippen molar-refractivity contribution in [1.82, 2.24) is 19.5 Å². The first kappa shape index (κ1) is 26.0. The van der Waals surface area contributed by atoms with Gasteiger partial charge >= 0.3 is 5.97 Å². The molecule has 0 aliphatic carbocycles. The average molecular weight is 501 g/mol. The van der Waals surface area contributed by atoms with Gasteiger partial charge in [0.1, 0.15) is 5.82 Å². The molecule has 3 atom stereocenters. The van der Waals surface area contributed by atoms with Crippen LogP contribution in [0.25, 0.3) is 0 Å². The predicted molar refractivity (Wildman–Crippen MR) is 132 cm³/mol. The van der Waals surface area contributed by atoms with E-state index in [1.807, 2.05) is 54.8 Å². The van der Waals surface area contributed by atoms with Crippen LogP contribution in [0.5, 0.6) is 11.5 Å². The van der Waals surface area contributed by atoms with Crippen molar-refractivity contribution in [3.63, 3.8) is 0 Å². The van der Waals surface area contributed by atoms with Crippen molar-refractivity contribution in [2.24, 2.45) is 13.0 Å². The van der Waals surface area contributed by atoms with Gasteiger partial charge in [-0.05, 0) is 37.0 Å². The van der Waals surface area contributed by atoms with Gasteiger partial charge in [0, 0.05) is 50.9 Å². The molecule has 0 bridgehead atoms. The van der Waals surface area contributed by atoms with Crippen LogP contribution in [0, 0.1) is 5.92 Å². The van der Waals surface area contributed by atoms with Crippen LogP contribution in [-0.4, -0.2) is 75.6 Å². The summed E-state index contributed by atoms with van der Waals surface area (Å²) in [5, 5.41) is 11.8. The molecule has 2 aliphatic heterocycles. The van der Waals surface area contributed by atoms with E-state index in [9.17, 15) is 14.7 Å². The number of hydroxylamine groups is 2. The van der Waals surface area contributed by atoms with Crippen molar-refractivity contribution in [2.75, 3.05) is 33.0 Å². The second-order valence-corrected chi connectivity index (χ2v) is 9.40. The van der Waals surface area contributed by atoms with Crippen molar-refractivity contribution in [2.45, 2.75) is 51.5 Å². The maximum Gasteiger partial charge on any atom is 0.308 e. The fourth-order valence-corrected chi connectivity index (χ4v) is 5.17. The van der Waals surface area contributed by atoms with Crippen molar-refractivity contribution in [1.29, 1.82) is 0 Å². The summed E-state index contributed by atoms with van der Waals surface area (Å²) in [6, 6.07) is 5.27. The molecule has 36 heavy (non-hydrogen) atoms. The summed E-state index contributed by atoms with van der Waals surface area (Å²) >= 11 is 0. The molecule has 2 aromatic rings. The number of aromatic nitrogens is 2. The first-order valence-electron chi connectivity index (χ1n) is 12.7. The molecule has 1 fully saturated rings. The lowest BCUT2D eigenvalue weighted by atomic mass is 9.83. The van der Waals surface area contributed by atoms with E-state index in [0.717, 1.165) is 24.2 Å². The molecule has 10 nitrogen and oxygen atoms in total. The van der Waals surface area contributed by atoms with Gasteiger partial charge in [-0.15, -0.1) is 0 Å².